The molecule has 0 bridgehead atoms. The third-order valence-electron chi connectivity index (χ3n) is 4.24. The summed E-state index contributed by atoms with van der Waals surface area (Å²) in [5.74, 6) is 1.44. The maximum atomic E-state index is 12.5. The Labute approximate surface area is 141 Å². The molecule has 0 spiro atoms. The number of carbonyl (C=O) groups is 1. The van der Waals surface area contributed by atoms with Crippen molar-refractivity contribution in [1.82, 2.24) is 5.32 Å². The number of nitrogens with one attached hydrogen (secondary N) is 1. The highest BCUT2D eigenvalue weighted by atomic mass is 16.5. The lowest BCUT2D eigenvalue weighted by atomic mass is 9.95. The Balaban J connectivity index is 1.66. The first-order chi connectivity index (χ1) is 11.7. The van der Waals surface area contributed by atoms with Crippen LogP contribution >= 0.6 is 0 Å². The van der Waals surface area contributed by atoms with Crippen LogP contribution in [0.15, 0.2) is 40.8 Å². The van der Waals surface area contributed by atoms with E-state index in [1.165, 1.54) is 5.56 Å². The number of furan rings is 1. The van der Waals surface area contributed by atoms with Crippen molar-refractivity contribution >= 4 is 5.91 Å². The van der Waals surface area contributed by atoms with Gasteiger partial charge in [-0.05, 0) is 36.6 Å². The van der Waals surface area contributed by atoms with Crippen molar-refractivity contribution in [3.63, 3.8) is 0 Å². The summed E-state index contributed by atoms with van der Waals surface area (Å²) in [5, 5.41) is 2.99. The van der Waals surface area contributed by atoms with E-state index < -0.39 is 0 Å². The zero-order valence-electron chi connectivity index (χ0n) is 14.1. The lowest BCUT2D eigenvalue weighted by Crippen LogP contribution is -2.33. The van der Waals surface area contributed by atoms with Crippen LogP contribution in [0.1, 0.15) is 41.2 Å². The molecule has 24 heavy (non-hydrogen) atoms. The largest absolute Gasteiger partial charge is 0.464 e. The van der Waals surface area contributed by atoms with Crippen molar-refractivity contribution in [1.29, 1.82) is 0 Å². The monoisotopic (exact) mass is 329 g/mol. The standard InChI is InChI=1S/C19H23NO4/c1-13-7-8-17(24-13)16(12-22-2)20-19(21)11-18-15-6-4-3-5-14(15)9-10-23-18/h3-8,16,18H,9-12H2,1-2H3,(H,20,21)/t16-,18+/m0/s1. The van der Waals surface area contributed by atoms with Crippen molar-refractivity contribution in [2.75, 3.05) is 20.3 Å². The fraction of sp³-hybridized carbons (Fsp3) is 0.421. The molecule has 0 fully saturated rings. The van der Waals surface area contributed by atoms with Gasteiger partial charge < -0.3 is 19.2 Å². The number of rotatable bonds is 6. The van der Waals surface area contributed by atoms with Gasteiger partial charge in [0.05, 0.1) is 25.7 Å². The number of carbonyl (C=O) groups excluding carboxylic acids is 1. The molecule has 2 heterocycles. The van der Waals surface area contributed by atoms with Gasteiger partial charge in [-0.25, -0.2) is 0 Å². The van der Waals surface area contributed by atoms with Crippen LogP contribution < -0.4 is 5.32 Å². The molecule has 5 nitrogen and oxygen atoms in total. The second-order valence-electron chi connectivity index (χ2n) is 6.04. The third kappa shape index (κ3) is 3.86. The van der Waals surface area contributed by atoms with Crippen molar-refractivity contribution in [2.45, 2.75) is 31.9 Å². The van der Waals surface area contributed by atoms with Gasteiger partial charge in [0, 0.05) is 7.11 Å². The Bertz CT molecular complexity index is 694. The minimum atomic E-state index is -0.296. The zero-order chi connectivity index (χ0) is 16.9. The van der Waals surface area contributed by atoms with Gasteiger partial charge in [0.25, 0.3) is 0 Å². The maximum absolute atomic E-state index is 12.5. The molecule has 1 amide bonds. The van der Waals surface area contributed by atoms with Crippen LogP contribution in [0.25, 0.3) is 0 Å². The molecule has 0 aliphatic carbocycles. The first-order valence-corrected chi connectivity index (χ1v) is 8.21. The van der Waals surface area contributed by atoms with Gasteiger partial charge in [-0.2, -0.15) is 0 Å². The molecular weight excluding hydrogens is 306 g/mol. The summed E-state index contributed by atoms with van der Waals surface area (Å²) in [6, 6.07) is 11.6. The van der Waals surface area contributed by atoms with Gasteiger partial charge >= 0.3 is 0 Å². The van der Waals surface area contributed by atoms with Gasteiger partial charge in [0.2, 0.25) is 5.91 Å². The third-order valence-corrected chi connectivity index (χ3v) is 4.24. The van der Waals surface area contributed by atoms with E-state index in [1.807, 2.05) is 37.3 Å². The van der Waals surface area contributed by atoms with E-state index in [0.717, 1.165) is 17.7 Å². The molecule has 1 N–H and O–H groups in total. The van der Waals surface area contributed by atoms with Gasteiger partial charge in [-0.1, -0.05) is 24.3 Å². The van der Waals surface area contributed by atoms with E-state index >= 15 is 0 Å². The predicted molar refractivity (Wildman–Crippen MR) is 89.7 cm³/mol. The summed E-state index contributed by atoms with van der Waals surface area (Å²) in [4.78, 5) is 12.5. The highest BCUT2D eigenvalue weighted by molar-refractivity contribution is 5.77. The van der Waals surface area contributed by atoms with Crippen molar-refractivity contribution in [3.05, 3.63) is 59.0 Å². The number of benzene rings is 1. The molecule has 3 rings (SSSR count). The molecule has 1 aromatic heterocycles. The van der Waals surface area contributed by atoms with E-state index in [9.17, 15) is 4.79 Å². The minimum absolute atomic E-state index is 0.0761. The summed E-state index contributed by atoms with van der Waals surface area (Å²) in [7, 11) is 1.61. The van der Waals surface area contributed by atoms with Crippen molar-refractivity contribution in [3.8, 4) is 0 Å². The first-order valence-electron chi connectivity index (χ1n) is 8.21. The molecule has 0 saturated heterocycles. The second-order valence-corrected chi connectivity index (χ2v) is 6.04. The second kappa shape index (κ2) is 7.64. The molecule has 5 heteroatoms. The first kappa shape index (κ1) is 16.7. The van der Waals surface area contributed by atoms with Gasteiger partial charge in [0.1, 0.15) is 17.6 Å². The Morgan fingerprint density at radius 2 is 2.17 bits per heavy atom. The van der Waals surface area contributed by atoms with Crippen LogP contribution in [-0.2, 0) is 20.7 Å². The Morgan fingerprint density at radius 3 is 2.92 bits per heavy atom. The highest BCUT2D eigenvalue weighted by Crippen LogP contribution is 2.29. The van der Waals surface area contributed by atoms with Crippen LogP contribution in [-0.4, -0.2) is 26.2 Å². The fourth-order valence-corrected chi connectivity index (χ4v) is 3.07. The van der Waals surface area contributed by atoms with Crippen molar-refractivity contribution < 1.29 is 18.7 Å². The van der Waals surface area contributed by atoms with Gasteiger partial charge in [-0.15, -0.1) is 0 Å². The normalized spacial score (nSPS) is 18.0. The molecule has 1 aromatic carbocycles. The number of ether oxygens (including phenoxy) is 2. The SMILES string of the molecule is COC[C@H](NC(=O)C[C@H]1OCCc2ccccc21)c1ccc(C)o1. The van der Waals surface area contributed by atoms with Crippen LogP contribution in [0.2, 0.25) is 0 Å². The molecule has 1 aliphatic rings. The summed E-state index contributed by atoms with van der Waals surface area (Å²) in [5.41, 5.74) is 2.37. The number of amides is 1. The molecule has 0 unspecified atom stereocenters. The van der Waals surface area contributed by atoms with Crippen molar-refractivity contribution in [2.24, 2.45) is 0 Å². The van der Waals surface area contributed by atoms with Crippen LogP contribution in [0.4, 0.5) is 0 Å². The molecule has 2 atom stereocenters. The number of methoxy groups -OCH3 is 1. The minimum Gasteiger partial charge on any atom is -0.464 e. The molecule has 0 radical (unpaired) electrons. The summed E-state index contributed by atoms with van der Waals surface area (Å²) >= 11 is 0. The zero-order valence-corrected chi connectivity index (χ0v) is 14.1. The van der Waals surface area contributed by atoms with E-state index in [0.29, 0.717) is 19.0 Å². The Kier molecular flexibility index (Phi) is 5.33. The van der Waals surface area contributed by atoms with Crippen LogP contribution in [0, 0.1) is 6.92 Å². The predicted octanol–water partition coefficient (Wildman–Crippen LogP) is 3.10. The van der Waals surface area contributed by atoms with Crippen LogP contribution in [0.5, 0.6) is 0 Å². The van der Waals surface area contributed by atoms with E-state index in [-0.39, 0.29) is 24.5 Å². The summed E-state index contributed by atoms with van der Waals surface area (Å²) in [6.07, 6.45) is 0.986. The number of hydrogen-bond donors (Lipinski definition) is 1. The Morgan fingerprint density at radius 1 is 1.33 bits per heavy atom. The van der Waals surface area contributed by atoms with Gasteiger partial charge in [-0.3, -0.25) is 4.79 Å². The highest BCUT2D eigenvalue weighted by Gasteiger charge is 2.25. The number of hydrogen-bond acceptors (Lipinski definition) is 4. The Hall–Kier alpha value is -2.11. The lowest BCUT2D eigenvalue weighted by Gasteiger charge is -2.26. The smallest absolute Gasteiger partial charge is 0.223 e. The topological polar surface area (TPSA) is 60.7 Å². The number of fused-ring (bicyclic) bond motifs is 1. The fourth-order valence-electron chi connectivity index (χ4n) is 3.07. The molecule has 128 valence electrons. The average Bonchev–Trinajstić information content (AvgIpc) is 3.01. The molecular formula is C19H23NO4. The van der Waals surface area contributed by atoms with E-state index in [2.05, 4.69) is 11.4 Å². The van der Waals surface area contributed by atoms with Gasteiger partial charge in [0.15, 0.2) is 0 Å². The van der Waals surface area contributed by atoms with E-state index in [1.54, 1.807) is 7.11 Å². The average molecular weight is 329 g/mol. The molecule has 0 saturated carbocycles. The van der Waals surface area contributed by atoms with Crippen LogP contribution in [0.3, 0.4) is 0 Å². The lowest BCUT2D eigenvalue weighted by molar-refractivity contribution is -0.125. The molecule has 2 aromatic rings. The number of aryl methyl sites for hydroxylation is 1. The summed E-state index contributed by atoms with van der Waals surface area (Å²) < 4.78 is 16.6. The summed E-state index contributed by atoms with van der Waals surface area (Å²) in [6.45, 7) is 2.89. The quantitative estimate of drug-likeness (QED) is 0.885. The van der Waals surface area contributed by atoms with E-state index in [4.69, 9.17) is 13.9 Å². The molecule has 1 aliphatic heterocycles. The maximum Gasteiger partial charge on any atom is 0.223 e.